The monoisotopic (exact) mass is 310 g/mol. The predicted molar refractivity (Wildman–Crippen MR) is 82.5 cm³/mol. The highest BCUT2D eigenvalue weighted by molar-refractivity contribution is 7.88. The van der Waals surface area contributed by atoms with E-state index in [-0.39, 0.29) is 11.9 Å². The van der Waals surface area contributed by atoms with Gasteiger partial charge in [0, 0.05) is 19.1 Å². The number of rotatable bonds is 7. The van der Waals surface area contributed by atoms with Crippen LogP contribution in [0, 0.1) is 6.92 Å². The van der Waals surface area contributed by atoms with E-state index >= 15 is 0 Å². The van der Waals surface area contributed by atoms with Crippen LogP contribution in [0.5, 0.6) is 0 Å². The molecule has 0 spiro atoms. The minimum Gasteiger partial charge on any atom is -0.354 e. The summed E-state index contributed by atoms with van der Waals surface area (Å²) in [7, 11) is -3.18. The van der Waals surface area contributed by atoms with Crippen molar-refractivity contribution in [1.29, 1.82) is 0 Å². The number of carbonyl (C=O) groups excluding carboxylic acids is 1. The lowest BCUT2D eigenvalue weighted by Gasteiger charge is -2.19. The molecule has 6 heteroatoms. The maximum atomic E-state index is 11.8. The second-order valence-electron chi connectivity index (χ2n) is 5.62. The summed E-state index contributed by atoms with van der Waals surface area (Å²) in [5.41, 5.74) is 2.12. The fraction of sp³-hybridized carbons (Fsp3) is 0.533. The third kappa shape index (κ3) is 5.13. The SMILES string of the molecule is Cc1ccc(CC(=O)NCCN(C2CC2)S(C)(=O)=O)cc1. The largest absolute Gasteiger partial charge is 0.354 e. The Hall–Kier alpha value is -1.40. The molecular weight excluding hydrogens is 288 g/mol. The molecule has 0 heterocycles. The molecule has 1 aliphatic rings. The number of carbonyl (C=O) groups is 1. The minimum atomic E-state index is -3.18. The van der Waals surface area contributed by atoms with Gasteiger partial charge in [-0.2, -0.15) is 4.31 Å². The number of sulfonamides is 1. The van der Waals surface area contributed by atoms with Gasteiger partial charge in [-0.05, 0) is 25.3 Å². The summed E-state index contributed by atoms with van der Waals surface area (Å²) in [6.07, 6.45) is 3.39. The van der Waals surface area contributed by atoms with Gasteiger partial charge in [0.15, 0.2) is 0 Å². The van der Waals surface area contributed by atoms with Crippen molar-refractivity contribution < 1.29 is 13.2 Å². The van der Waals surface area contributed by atoms with Crippen LogP contribution in [-0.2, 0) is 21.2 Å². The molecule has 1 aliphatic carbocycles. The fourth-order valence-electron chi connectivity index (χ4n) is 2.24. The second kappa shape index (κ2) is 6.58. The Labute approximate surface area is 126 Å². The number of nitrogens with one attached hydrogen (secondary N) is 1. The molecule has 116 valence electrons. The van der Waals surface area contributed by atoms with Gasteiger partial charge in [0.1, 0.15) is 0 Å². The average molecular weight is 310 g/mol. The van der Waals surface area contributed by atoms with E-state index in [2.05, 4.69) is 5.32 Å². The summed E-state index contributed by atoms with van der Waals surface area (Å²) in [5.74, 6) is -0.0805. The van der Waals surface area contributed by atoms with Crippen molar-refractivity contribution in [3.05, 3.63) is 35.4 Å². The first-order valence-electron chi connectivity index (χ1n) is 7.15. The summed E-state index contributed by atoms with van der Waals surface area (Å²) in [6, 6.07) is 7.94. The molecule has 0 aromatic heterocycles. The molecule has 0 saturated heterocycles. The van der Waals surface area contributed by atoms with E-state index in [0.29, 0.717) is 19.5 Å². The molecule has 0 bridgehead atoms. The van der Waals surface area contributed by atoms with E-state index in [4.69, 9.17) is 0 Å². The Morgan fingerprint density at radius 3 is 2.43 bits per heavy atom. The van der Waals surface area contributed by atoms with Gasteiger partial charge in [-0.25, -0.2) is 8.42 Å². The number of hydrogen-bond donors (Lipinski definition) is 1. The van der Waals surface area contributed by atoms with Gasteiger partial charge < -0.3 is 5.32 Å². The van der Waals surface area contributed by atoms with Crippen LogP contribution in [0.15, 0.2) is 24.3 Å². The van der Waals surface area contributed by atoms with E-state index in [0.717, 1.165) is 24.0 Å². The van der Waals surface area contributed by atoms with Gasteiger partial charge in [0.2, 0.25) is 15.9 Å². The second-order valence-corrected chi connectivity index (χ2v) is 7.55. The summed E-state index contributed by atoms with van der Waals surface area (Å²) < 4.78 is 24.7. The number of hydrogen-bond acceptors (Lipinski definition) is 3. The van der Waals surface area contributed by atoms with Crippen molar-refractivity contribution in [1.82, 2.24) is 9.62 Å². The Balaban J connectivity index is 1.77. The zero-order valence-corrected chi connectivity index (χ0v) is 13.3. The Morgan fingerprint density at radius 1 is 1.29 bits per heavy atom. The average Bonchev–Trinajstić information content (AvgIpc) is 3.20. The lowest BCUT2D eigenvalue weighted by Crippen LogP contribution is -2.39. The molecule has 0 atom stereocenters. The van der Waals surface area contributed by atoms with Gasteiger partial charge >= 0.3 is 0 Å². The van der Waals surface area contributed by atoms with Crippen LogP contribution in [0.25, 0.3) is 0 Å². The van der Waals surface area contributed by atoms with Crippen LogP contribution in [0.4, 0.5) is 0 Å². The van der Waals surface area contributed by atoms with Crippen LogP contribution in [0.2, 0.25) is 0 Å². The molecular formula is C15H22N2O3S. The summed E-state index contributed by atoms with van der Waals surface area (Å²) in [5, 5.41) is 2.79. The van der Waals surface area contributed by atoms with Crippen LogP contribution >= 0.6 is 0 Å². The van der Waals surface area contributed by atoms with Crippen molar-refractivity contribution >= 4 is 15.9 Å². The van der Waals surface area contributed by atoms with Gasteiger partial charge in [0.25, 0.3) is 0 Å². The Kier molecular flexibility index (Phi) is 5.00. The third-order valence-corrected chi connectivity index (χ3v) is 4.85. The van der Waals surface area contributed by atoms with Crippen molar-refractivity contribution in [2.24, 2.45) is 0 Å². The lowest BCUT2D eigenvalue weighted by molar-refractivity contribution is -0.120. The molecule has 1 aromatic carbocycles. The van der Waals surface area contributed by atoms with E-state index in [1.54, 1.807) is 0 Å². The summed E-state index contributed by atoms with van der Waals surface area (Å²) >= 11 is 0. The zero-order chi connectivity index (χ0) is 15.5. The molecule has 1 aromatic rings. The van der Waals surface area contributed by atoms with Crippen molar-refractivity contribution in [2.45, 2.75) is 32.2 Å². The van der Waals surface area contributed by atoms with Gasteiger partial charge in [0.05, 0.1) is 12.7 Å². The van der Waals surface area contributed by atoms with E-state index in [1.165, 1.54) is 10.6 Å². The third-order valence-electron chi connectivity index (χ3n) is 3.52. The number of nitrogens with zero attached hydrogens (tertiary/aromatic N) is 1. The highest BCUT2D eigenvalue weighted by atomic mass is 32.2. The van der Waals surface area contributed by atoms with Crippen LogP contribution in [0.1, 0.15) is 24.0 Å². The normalized spacial score (nSPS) is 15.2. The van der Waals surface area contributed by atoms with Crippen molar-refractivity contribution in [2.75, 3.05) is 19.3 Å². The molecule has 0 unspecified atom stereocenters. The summed E-state index contributed by atoms with van der Waals surface area (Å²) in [6.45, 7) is 2.71. The van der Waals surface area contributed by atoms with Gasteiger partial charge in [-0.1, -0.05) is 29.8 Å². The molecule has 1 fully saturated rings. The van der Waals surface area contributed by atoms with Crippen LogP contribution in [0.3, 0.4) is 0 Å². The lowest BCUT2D eigenvalue weighted by atomic mass is 10.1. The smallest absolute Gasteiger partial charge is 0.224 e. The first-order chi connectivity index (χ1) is 9.86. The predicted octanol–water partition coefficient (Wildman–Crippen LogP) is 1.08. The van der Waals surface area contributed by atoms with E-state index < -0.39 is 10.0 Å². The minimum absolute atomic E-state index is 0.0805. The Morgan fingerprint density at radius 2 is 1.90 bits per heavy atom. The molecule has 1 saturated carbocycles. The molecule has 1 amide bonds. The van der Waals surface area contributed by atoms with Crippen LogP contribution in [-0.4, -0.2) is 44.0 Å². The maximum absolute atomic E-state index is 11.8. The molecule has 5 nitrogen and oxygen atoms in total. The first-order valence-corrected chi connectivity index (χ1v) is 9.00. The summed E-state index contributed by atoms with van der Waals surface area (Å²) in [4.78, 5) is 11.8. The molecule has 2 rings (SSSR count). The number of amides is 1. The first kappa shape index (κ1) is 16.0. The van der Waals surface area contributed by atoms with Crippen LogP contribution < -0.4 is 5.32 Å². The van der Waals surface area contributed by atoms with Crippen molar-refractivity contribution in [3.8, 4) is 0 Å². The van der Waals surface area contributed by atoms with E-state index in [1.807, 2.05) is 31.2 Å². The fourth-order valence-corrected chi connectivity index (χ4v) is 3.42. The molecule has 0 radical (unpaired) electrons. The number of aryl methyl sites for hydroxylation is 1. The maximum Gasteiger partial charge on any atom is 0.224 e. The Bertz CT molecular complexity index is 592. The standard InChI is InChI=1S/C15H22N2O3S/c1-12-3-5-13(6-4-12)11-15(18)16-9-10-17(14-7-8-14)21(2,19)20/h3-6,14H,7-11H2,1-2H3,(H,16,18). The topological polar surface area (TPSA) is 66.5 Å². The molecule has 21 heavy (non-hydrogen) atoms. The van der Waals surface area contributed by atoms with Gasteiger partial charge in [-0.15, -0.1) is 0 Å². The van der Waals surface area contributed by atoms with E-state index in [9.17, 15) is 13.2 Å². The molecule has 1 N–H and O–H groups in total. The molecule has 0 aliphatic heterocycles. The number of benzene rings is 1. The van der Waals surface area contributed by atoms with Crippen molar-refractivity contribution in [3.63, 3.8) is 0 Å². The zero-order valence-electron chi connectivity index (χ0n) is 12.5. The highest BCUT2D eigenvalue weighted by Gasteiger charge is 2.34. The van der Waals surface area contributed by atoms with Gasteiger partial charge in [-0.3, -0.25) is 4.79 Å². The highest BCUT2D eigenvalue weighted by Crippen LogP contribution is 2.28. The quantitative estimate of drug-likeness (QED) is 0.819.